The highest BCUT2D eigenvalue weighted by atomic mass is 19.1. The highest BCUT2D eigenvalue weighted by Crippen LogP contribution is 2.34. The second kappa shape index (κ2) is 8.58. The Kier molecular flexibility index (Phi) is 5.45. The lowest BCUT2D eigenvalue weighted by Gasteiger charge is -2.28. The molecule has 3 aromatic rings. The molecule has 9 heteroatoms. The number of imide groups is 1. The minimum atomic E-state index is -1.13. The third-order valence-electron chi connectivity index (χ3n) is 5.71. The summed E-state index contributed by atoms with van der Waals surface area (Å²) < 4.78 is 37.9. The molecule has 0 bridgehead atoms. The molecule has 7 nitrogen and oxygen atoms in total. The van der Waals surface area contributed by atoms with Gasteiger partial charge in [0.1, 0.15) is 17.7 Å². The normalized spacial score (nSPS) is 16.8. The van der Waals surface area contributed by atoms with Gasteiger partial charge >= 0.3 is 0 Å². The number of halogens is 2. The summed E-state index contributed by atoms with van der Waals surface area (Å²) in [6.07, 6.45) is -0.262. The van der Waals surface area contributed by atoms with E-state index < -0.39 is 35.4 Å². The molecule has 0 saturated carbocycles. The standard InChI is InChI=1S/C25H18F2N2O5/c26-17-5-7-19(8-6-17)29-23(30)12-20(25(29)32)28(24(31)16-2-1-3-18(27)11-16)13-15-4-9-21-22(10-15)34-14-33-21/h1-11,20H,12-14H2. The Morgan fingerprint density at radius 3 is 2.47 bits per heavy atom. The Bertz CT molecular complexity index is 1290. The van der Waals surface area contributed by atoms with Gasteiger partial charge in [-0.25, -0.2) is 13.7 Å². The zero-order valence-corrected chi connectivity index (χ0v) is 17.7. The number of nitrogens with zero attached hydrogens (tertiary/aromatic N) is 2. The van der Waals surface area contributed by atoms with Crippen LogP contribution in [-0.4, -0.2) is 35.5 Å². The molecule has 0 aromatic heterocycles. The van der Waals surface area contributed by atoms with Gasteiger partial charge in [0.25, 0.3) is 11.8 Å². The van der Waals surface area contributed by atoms with Gasteiger partial charge in [-0.1, -0.05) is 12.1 Å². The van der Waals surface area contributed by atoms with Gasteiger partial charge in [0.2, 0.25) is 12.7 Å². The van der Waals surface area contributed by atoms with Crippen LogP contribution in [0.3, 0.4) is 0 Å². The van der Waals surface area contributed by atoms with Crippen LogP contribution in [0.15, 0.2) is 66.7 Å². The van der Waals surface area contributed by atoms with Gasteiger partial charge in [0.05, 0.1) is 12.1 Å². The lowest BCUT2D eigenvalue weighted by Crippen LogP contribution is -2.45. The molecule has 5 rings (SSSR count). The van der Waals surface area contributed by atoms with Crippen LogP contribution in [0.2, 0.25) is 0 Å². The van der Waals surface area contributed by atoms with E-state index in [4.69, 9.17) is 9.47 Å². The Morgan fingerprint density at radius 1 is 0.941 bits per heavy atom. The molecule has 0 spiro atoms. The lowest BCUT2D eigenvalue weighted by molar-refractivity contribution is -0.122. The van der Waals surface area contributed by atoms with E-state index >= 15 is 0 Å². The van der Waals surface area contributed by atoms with Crippen LogP contribution < -0.4 is 14.4 Å². The molecule has 0 aliphatic carbocycles. The smallest absolute Gasteiger partial charge is 0.257 e. The summed E-state index contributed by atoms with van der Waals surface area (Å²) in [6, 6.07) is 14.0. The molecular weight excluding hydrogens is 446 g/mol. The number of amides is 3. The Labute approximate surface area is 193 Å². The highest BCUT2D eigenvalue weighted by Gasteiger charge is 2.44. The second-order valence-electron chi connectivity index (χ2n) is 7.89. The van der Waals surface area contributed by atoms with Gasteiger partial charge in [-0.3, -0.25) is 14.4 Å². The van der Waals surface area contributed by atoms with Gasteiger partial charge < -0.3 is 14.4 Å². The fourth-order valence-corrected chi connectivity index (χ4v) is 4.07. The van der Waals surface area contributed by atoms with E-state index in [1.165, 1.54) is 35.2 Å². The molecule has 172 valence electrons. The summed E-state index contributed by atoms with van der Waals surface area (Å²) >= 11 is 0. The van der Waals surface area contributed by atoms with Crippen LogP contribution in [-0.2, 0) is 16.1 Å². The van der Waals surface area contributed by atoms with Gasteiger partial charge in [-0.15, -0.1) is 0 Å². The first-order chi connectivity index (χ1) is 16.4. The predicted octanol–water partition coefficient (Wildman–Crippen LogP) is 3.67. The van der Waals surface area contributed by atoms with Crippen LogP contribution in [0.1, 0.15) is 22.3 Å². The number of hydrogen-bond donors (Lipinski definition) is 0. The molecule has 2 aliphatic heterocycles. The zero-order valence-electron chi connectivity index (χ0n) is 17.7. The Balaban J connectivity index is 1.50. The van der Waals surface area contributed by atoms with E-state index in [9.17, 15) is 23.2 Å². The monoisotopic (exact) mass is 464 g/mol. The minimum absolute atomic E-state index is 0.0348. The van der Waals surface area contributed by atoms with Gasteiger partial charge in [0.15, 0.2) is 11.5 Å². The quantitative estimate of drug-likeness (QED) is 0.539. The SMILES string of the molecule is O=C1CC(N(Cc2ccc3c(c2)OCO3)C(=O)c2cccc(F)c2)C(=O)N1c1ccc(F)cc1. The number of benzene rings is 3. The topological polar surface area (TPSA) is 76.1 Å². The van der Waals surface area contributed by atoms with Crippen molar-refractivity contribution in [1.82, 2.24) is 4.90 Å². The van der Waals surface area contributed by atoms with E-state index in [0.717, 1.165) is 23.1 Å². The number of carbonyl (C=O) groups is 3. The zero-order chi connectivity index (χ0) is 23.8. The third-order valence-corrected chi connectivity index (χ3v) is 5.71. The largest absolute Gasteiger partial charge is 0.454 e. The summed E-state index contributed by atoms with van der Waals surface area (Å²) in [4.78, 5) is 41.7. The molecule has 3 aromatic carbocycles. The maximum Gasteiger partial charge on any atom is 0.257 e. The van der Waals surface area contributed by atoms with Crippen molar-refractivity contribution in [1.29, 1.82) is 0 Å². The van der Waals surface area contributed by atoms with Crippen molar-refractivity contribution in [3.05, 3.63) is 89.5 Å². The maximum atomic E-state index is 13.8. The van der Waals surface area contributed by atoms with Crippen LogP contribution >= 0.6 is 0 Å². The predicted molar refractivity (Wildman–Crippen MR) is 116 cm³/mol. The average molecular weight is 464 g/mol. The molecule has 0 N–H and O–H groups in total. The summed E-state index contributed by atoms with van der Waals surface area (Å²) in [7, 11) is 0. The lowest BCUT2D eigenvalue weighted by atomic mass is 10.1. The molecule has 1 fully saturated rings. The number of rotatable bonds is 5. The molecule has 0 radical (unpaired) electrons. The summed E-state index contributed by atoms with van der Waals surface area (Å²) in [5.74, 6) is -1.81. The van der Waals surface area contributed by atoms with Gasteiger partial charge in [-0.05, 0) is 60.2 Å². The second-order valence-corrected chi connectivity index (χ2v) is 7.89. The van der Waals surface area contributed by atoms with Crippen LogP contribution in [0, 0.1) is 11.6 Å². The number of ether oxygens (including phenoxy) is 2. The van der Waals surface area contributed by atoms with E-state index in [1.54, 1.807) is 18.2 Å². The molecule has 1 unspecified atom stereocenters. The first-order valence-electron chi connectivity index (χ1n) is 10.5. The highest BCUT2D eigenvalue weighted by molar-refractivity contribution is 6.23. The van der Waals surface area contributed by atoms with Crippen molar-refractivity contribution < 1.29 is 32.6 Å². The number of fused-ring (bicyclic) bond motifs is 1. The van der Waals surface area contributed by atoms with Crippen LogP contribution in [0.25, 0.3) is 0 Å². The number of anilines is 1. The van der Waals surface area contributed by atoms with Crippen molar-refractivity contribution in [3.8, 4) is 11.5 Å². The van der Waals surface area contributed by atoms with E-state index in [2.05, 4.69) is 0 Å². The Hall–Kier alpha value is -4.27. The average Bonchev–Trinajstić information content (AvgIpc) is 3.41. The Morgan fingerprint density at radius 2 is 1.71 bits per heavy atom. The third kappa shape index (κ3) is 3.96. The van der Waals surface area contributed by atoms with E-state index in [0.29, 0.717) is 17.1 Å². The minimum Gasteiger partial charge on any atom is -0.454 e. The molecule has 1 saturated heterocycles. The molecule has 34 heavy (non-hydrogen) atoms. The fraction of sp³-hybridized carbons (Fsp3) is 0.160. The van der Waals surface area contributed by atoms with Crippen molar-refractivity contribution in [2.24, 2.45) is 0 Å². The van der Waals surface area contributed by atoms with Crippen molar-refractivity contribution in [2.45, 2.75) is 19.0 Å². The summed E-state index contributed by atoms with van der Waals surface area (Å²) in [5, 5.41) is 0. The van der Waals surface area contributed by atoms with Crippen molar-refractivity contribution in [2.75, 3.05) is 11.7 Å². The first kappa shape index (κ1) is 21.6. The van der Waals surface area contributed by atoms with Crippen LogP contribution in [0.4, 0.5) is 14.5 Å². The molecule has 2 aliphatic rings. The summed E-state index contributed by atoms with van der Waals surface area (Å²) in [6.45, 7) is 0.0416. The van der Waals surface area contributed by atoms with Crippen LogP contribution in [0.5, 0.6) is 11.5 Å². The molecular formula is C25H18F2N2O5. The fourth-order valence-electron chi connectivity index (χ4n) is 4.07. The molecule has 2 heterocycles. The first-order valence-corrected chi connectivity index (χ1v) is 10.5. The summed E-state index contributed by atoms with van der Waals surface area (Å²) in [5.41, 5.74) is 0.885. The van der Waals surface area contributed by atoms with E-state index in [-0.39, 0.29) is 31.0 Å². The number of hydrogen-bond acceptors (Lipinski definition) is 5. The molecule has 3 amide bonds. The van der Waals surface area contributed by atoms with Crippen molar-refractivity contribution >= 4 is 23.4 Å². The maximum absolute atomic E-state index is 13.8. The number of carbonyl (C=O) groups excluding carboxylic acids is 3. The van der Waals surface area contributed by atoms with Gasteiger partial charge in [0, 0.05) is 12.1 Å². The van der Waals surface area contributed by atoms with Crippen molar-refractivity contribution in [3.63, 3.8) is 0 Å². The van der Waals surface area contributed by atoms with Gasteiger partial charge in [-0.2, -0.15) is 0 Å². The molecule has 1 atom stereocenters. The van der Waals surface area contributed by atoms with E-state index in [1.807, 2.05) is 0 Å².